The molecule has 0 aliphatic carbocycles. The van der Waals surface area contributed by atoms with Crippen LogP contribution in [0.4, 0.5) is 0 Å². The molecule has 0 spiro atoms. The van der Waals surface area contributed by atoms with E-state index in [0.717, 1.165) is 12.2 Å². The summed E-state index contributed by atoms with van der Waals surface area (Å²) in [4.78, 5) is 0. The Labute approximate surface area is 123 Å². The third kappa shape index (κ3) is 9.70. The first-order chi connectivity index (χ1) is 9.93. The second-order valence-corrected chi connectivity index (χ2v) is 5.46. The average molecular weight is 278 g/mol. The lowest BCUT2D eigenvalue weighted by Gasteiger charge is -1.98. The minimum atomic E-state index is 0.844. The summed E-state index contributed by atoms with van der Waals surface area (Å²) in [5.74, 6) is 0.844. The molecule has 0 aromatic carbocycles. The maximum absolute atomic E-state index is 3.95. The molecule has 0 saturated heterocycles. The fourth-order valence-electron chi connectivity index (χ4n) is 2.29. The highest BCUT2D eigenvalue weighted by Crippen LogP contribution is 2.08. The largest absolute Gasteiger partial charge is 0.177 e. The molecule has 0 amide bonds. The van der Waals surface area contributed by atoms with Gasteiger partial charge in [0, 0.05) is 6.42 Å². The van der Waals surface area contributed by atoms with Crippen molar-refractivity contribution in [3.05, 3.63) is 18.0 Å². The van der Waals surface area contributed by atoms with Crippen LogP contribution in [-0.4, -0.2) is 20.6 Å². The van der Waals surface area contributed by atoms with Crippen LogP contribution in [0.1, 0.15) is 83.4 Å². The van der Waals surface area contributed by atoms with E-state index in [0.29, 0.717) is 0 Å². The van der Waals surface area contributed by atoms with Crippen LogP contribution in [0, 0.1) is 0 Å². The minimum Gasteiger partial charge on any atom is -0.177 e. The molecule has 0 bridgehead atoms. The number of hydrogen-bond acceptors (Lipinski definition) is 3. The zero-order chi connectivity index (χ0) is 14.3. The van der Waals surface area contributed by atoms with Crippen molar-refractivity contribution >= 4 is 0 Å². The van der Waals surface area contributed by atoms with Crippen LogP contribution < -0.4 is 0 Å². The molecule has 0 saturated carbocycles. The molecule has 0 atom stereocenters. The van der Waals surface area contributed by atoms with Gasteiger partial charge in [0.25, 0.3) is 0 Å². The number of nitrogens with one attached hydrogen (secondary N) is 1. The number of allylic oxidation sites excluding steroid dienone is 2. The highest BCUT2D eigenvalue weighted by Gasteiger charge is 1.97. The van der Waals surface area contributed by atoms with Crippen molar-refractivity contribution in [3.63, 3.8) is 0 Å². The number of rotatable bonds is 13. The van der Waals surface area contributed by atoms with Gasteiger partial charge in [-0.25, -0.2) is 0 Å². The molecule has 1 N–H and O–H groups in total. The standard InChI is InChI=1S/C16H30N4/c1-2-3-4-5-6-7-8-9-10-11-12-13-14-15-16-17-19-20-18-16/h7-8H,2-6,9-15H2,1H3,(H,17,18,19,20)/b8-7-. The van der Waals surface area contributed by atoms with E-state index in [1.54, 1.807) is 0 Å². The minimum absolute atomic E-state index is 0.844. The Balaban J connectivity index is 1.77. The maximum Gasteiger partial charge on any atom is 0.174 e. The number of tetrazole rings is 1. The fourth-order valence-corrected chi connectivity index (χ4v) is 2.29. The molecule has 1 aromatic heterocycles. The summed E-state index contributed by atoms with van der Waals surface area (Å²) in [5.41, 5.74) is 0. The summed E-state index contributed by atoms with van der Waals surface area (Å²) in [6.45, 7) is 2.26. The van der Waals surface area contributed by atoms with Gasteiger partial charge in [0.15, 0.2) is 5.82 Å². The van der Waals surface area contributed by atoms with E-state index in [1.807, 2.05) is 0 Å². The quantitative estimate of drug-likeness (QED) is 0.423. The summed E-state index contributed by atoms with van der Waals surface area (Å²) in [5, 5.41) is 14.0. The Hall–Kier alpha value is -1.19. The first kappa shape index (κ1) is 16.9. The molecule has 0 aliphatic rings. The third-order valence-corrected chi connectivity index (χ3v) is 3.55. The molecule has 4 heteroatoms. The Morgan fingerprint density at radius 1 is 0.850 bits per heavy atom. The zero-order valence-electron chi connectivity index (χ0n) is 13.0. The molecule has 0 radical (unpaired) electrons. The number of nitrogens with zero attached hydrogens (tertiary/aromatic N) is 3. The lowest BCUT2D eigenvalue weighted by Crippen LogP contribution is -1.89. The van der Waals surface area contributed by atoms with E-state index < -0.39 is 0 Å². The predicted octanol–water partition coefficient (Wildman–Crippen LogP) is 4.61. The smallest absolute Gasteiger partial charge is 0.174 e. The Morgan fingerprint density at radius 3 is 2.15 bits per heavy atom. The SMILES string of the molecule is CCCCCC/C=C\CCCCCCCc1nn[nH]n1. The summed E-state index contributed by atoms with van der Waals surface area (Å²) in [6, 6.07) is 0. The van der Waals surface area contributed by atoms with E-state index in [-0.39, 0.29) is 0 Å². The molecule has 1 rings (SSSR count). The van der Waals surface area contributed by atoms with E-state index in [9.17, 15) is 0 Å². The predicted molar refractivity (Wildman–Crippen MR) is 83.5 cm³/mol. The Bertz CT molecular complexity index is 319. The molecule has 4 nitrogen and oxygen atoms in total. The lowest BCUT2D eigenvalue weighted by atomic mass is 10.1. The van der Waals surface area contributed by atoms with E-state index in [2.05, 4.69) is 39.7 Å². The van der Waals surface area contributed by atoms with Gasteiger partial charge >= 0.3 is 0 Å². The molecule has 20 heavy (non-hydrogen) atoms. The van der Waals surface area contributed by atoms with Crippen molar-refractivity contribution in [2.24, 2.45) is 0 Å². The number of H-pyrrole nitrogens is 1. The Kier molecular flexibility index (Phi) is 10.8. The van der Waals surface area contributed by atoms with Crippen molar-refractivity contribution in [2.45, 2.75) is 84.0 Å². The average Bonchev–Trinajstić information content (AvgIpc) is 2.97. The number of aromatic amines is 1. The number of aryl methyl sites for hydroxylation is 1. The monoisotopic (exact) mass is 278 g/mol. The molecule has 0 unspecified atom stereocenters. The summed E-state index contributed by atoms with van der Waals surface area (Å²) in [7, 11) is 0. The number of unbranched alkanes of at least 4 members (excludes halogenated alkanes) is 9. The molecule has 0 aliphatic heterocycles. The van der Waals surface area contributed by atoms with Crippen molar-refractivity contribution < 1.29 is 0 Å². The molecular formula is C16H30N4. The van der Waals surface area contributed by atoms with Gasteiger partial charge in [0.2, 0.25) is 0 Å². The van der Waals surface area contributed by atoms with Crippen LogP contribution in [0.5, 0.6) is 0 Å². The maximum atomic E-state index is 3.95. The van der Waals surface area contributed by atoms with Gasteiger partial charge in [-0.05, 0) is 32.1 Å². The molecular weight excluding hydrogens is 248 g/mol. The fraction of sp³-hybridized carbons (Fsp3) is 0.812. The van der Waals surface area contributed by atoms with Crippen LogP contribution in [0.3, 0.4) is 0 Å². The van der Waals surface area contributed by atoms with Gasteiger partial charge in [-0.2, -0.15) is 5.21 Å². The van der Waals surface area contributed by atoms with Gasteiger partial charge in [-0.1, -0.05) is 62.8 Å². The first-order valence-corrected chi connectivity index (χ1v) is 8.30. The molecule has 1 heterocycles. The molecule has 0 fully saturated rings. The Morgan fingerprint density at radius 2 is 1.50 bits per heavy atom. The summed E-state index contributed by atoms with van der Waals surface area (Å²) < 4.78 is 0. The topological polar surface area (TPSA) is 54.5 Å². The second kappa shape index (κ2) is 12.8. The normalized spacial score (nSPS) is 11.4. The van der Waals surface area contributed by atoms with Crippen LogP contribution in [0.2, 0.25) is 0 Å². The van der Waals surface area contributed by atoms with E-state index >= 15 is 0 Å². The zero-order valence-corrected chi connectivity index (χ0v) is 13.0. The number of hydrogen-bond donors (Lipinski definition) is 1. The number of aromatic nitrogens is 4. The van der Waals surface area contributed by atoms with Crippen molar-refractivity contribution in [3.8, 4) is 0 Å². The highest BCUT2D eigenvalue weighted by molar-refractivity contribution is 4.81. The van der Waals surface area contributed by atoms with Crippen molar-refractivity contribution in [2.75, 3.05) is 0 Å². The van der Waals surface area contributed by atoms with Gasteiger partial charge in [0.1, 0.15) is 0 Å². The lowest BCUT2D eigenvalue weighted by molar-refractivity contribution is 0.609. The van der Waals surface area contributed by atoms with Crippen LogP contribution in [0.25, 0.3) is 0 Å². The van der Waals surface area contributed by atoms with Gasteiger partial charge in [-0.3, -0.25) is 0 Å². The first-order valence-electron chi connectivity index (χ1n) is 8.30. The van der Waals surface area contributed by atoms with Crippen LogP contribution in [0.15, 0.2) is 12.2 Å². The third-order valence-electron chi connectivity index (χ3n) is 3.55. The van der Waals surface area contributed by atoms with Gasteiger partial charge < -0.3 is 0 Å². The van der Waals surface area contributed by atoms with Crippen molar-refractivity contribution in [1.82, 2.24) is 20.6 Å². The van der Waals surface area contributed by atoms with Crippen molar-refractivity contribution in [1.29, 1.82) is 0 Å². The van der Waals surface area contributed by atoms with E-state index in [4.69, 9.17) is 0 Å². The summed E-state index contributed by atoms with van der Waals surface area (Å²) in [6.07, 6.45) is 20.1. The molecule has 1 aromatic rings. The molecule has 114 valence electrons. The second-order valence-electron chi connectivity index (χ2n) is 5.46. The van der Waals surface area contributed by atoms with Crippen LogP contribution in [-0.2, 0) is 6.42 Å². The van der Waals surface area contributed by atoms with Crippen LogP contribution >= 0.6 is 0 Å². The highest BCUT2D eigenvalue weighted by atomic mass is 15.5. The summed E-state index contributed by atoms with van der Waals surface area (Å²) >= 11 is 0. The van der Waals surface area contributed by atoms with Gasteiger partial charge in [0.05, 0.1) is 0 Å². The van der Waals surface area contributed by atoms with E-state index in [1.165, 1.54) is 70.6 Å². The van der Waals surface area contributed by atoms with Gasteiger partial charge in [-0.15, -0.1) is 10.2 Å².